The molecule has 0 aromatic rings. The third-order valence-corrected chi connectivity index (χ3v) is 2.42. The van der Waals surface area contributed by atoms with E-state index in [1.165, 1.54) is 0 Å². The molecule has 1 fully saturated rings. The van der Waals surface area contributed by atoms with Gasteiger partial charge in [-0.1, -0.05) is 0 Å². The van der Waals surface area contributed by atoms with Crippen molar-refractivity contribution in [3.05, 3.63) is 0 Å². The zero-order valence-corrected chi connectivity index (χ0v) is 8.57. The number of esters is 1. The van der Waals surface area contributed by atoms with Crippen molar-refractivity contribution in [3.63, 3.8) is 0 Å². The first-order valence-electron chi connectivity index (χ1n) is 5.15. The monoisotopic (exact) mass is 202 g/mol. The molecule has 0 radical (unpaired) electrons. The molecule has 4 heteroatoms. The number of hydrogen-bond donors (Lipinski definition) is 1. The summed E-state index contributed by atoms with van der Waals surface area (Å²) in [4.78, 5) is 11.1. The molecule has 1 aliphatic rings. The highest BCUT2D eigenvalue weighted by Crippen LogP contribution is 2.19. The largest absolute Gasteiger partial charge is 0.466 e. The van der Waals surface area contributed by atoms with E-state index in [0.29, 0.717) is 13.2 Å². The smallest absolute Gasteiger partial charge is 0.308 e. The SMILES string of the molecule is CCOC(=O)C[C@@H](O)[C@H]1CCCOC1. The molecule has 1 heterocycles. The van der Waals surface area contributed by atoms with E-state index in [-0.39, 0.29) is 18.3 Å². The number of hydrogen-bond acceptors (Lipinski definition) is 4. The van der Waals surface area contributed by atoms with Crippen LogP contribution in [-0.2, 0) is 14.3 Å². The van der Waals surface area contributed by atoms with Gasteiger partial charge in [0, 0.05) is 12.5 Å². The summed E-state index contributed by atoms with van der Waals surface area (Å²) in [6.45, 7) is 3.45. The summed E-state index contributed by atoms with van der Waals surface area (Å²) >= 11 is 0. The van der Waals surface area contributed by atoms with Crippen molar-refractivity contribution in [1.29, 1.82) is 0 Å². The van der Waals surface area contributed by atoms with Crippen molar-refractivity contribution >= 4 is 5.97 Å². The maximum atomic E-state index is 11.1. The van der Waals surface area contributed by atoms with Gasteiger partial charge in [0.05, 0.1) is 25.7 Å². The highest BCUT2D eigenvalue weighted by atomic mass is 16.5. The van der Waals surface area contributed by atoms with Gasteiger partial charge in [-0.05, 0) is 19.8 Å². The van der Waals surface area contributed by atoms with Gasteiger partial charge in [0.15, 0.2) is 0 Å². The number of carbonyl (C=O) groups is 1. The number of aliphatic hydroxyl groups excluding tert-OH is 1. The van der Waals surface area contributed by atoms with E-state index in [9.17, 15) is 9.90 Å². The van der Waals surface area contributed by atoms with E-state index in [0.717, 1.165) is 19.4 Å². The highest BCUT2D eigenvalue weighted by Gasteiger charge is 2.24. The summed E-state index contributed by atoms with van der Waals surface area (Å²) in [6.07, 6.45) is 1.36. The predicted octanol–water partition coefficient (Wildman–Crippen LogP) is 0.727. The molecule has 1 aliphatic heterocycles. The minimum absolute atomic E-state index is 0.0852. The van der Waals surface area contributed by atoms with Crippen molar-refractivity contribution in [3.8, 4) is 0 Å². The minimum Gasteiger partial charge on any atom is -0.466 e. The molecule has 0 bridgehead atoms. The molecule has 1 N–H and O–H groups in total. The Morgan fingerprint density at radius 3 is 3.07 bits per heavy atom. The first-order chi connectivity index (χ1) is 6.74. The fraction of sp³-hybridized carbons (Fsp3) is 0.900. The second kappa shape index (κ2) is 5.98. The summed E-state index contributed by atoms with van der Waals surface area (Å²) in [5, 5.41) is 9.69. The summed E-state index contributed by atoms with van der Waals surface area (Å²) in [5.41, 5.74) is 0. The van der Waals surface area contributed by atoms with Crippen LogP contribution < -0.4 is 0 Å². The second-order valence-corrected chi connectivity index (χ2v) is 3.55. The zero-order chi connectivity index (χ0) is 10.4. The molecule has 1 saturated heterocycles. The number of rotatable bonds is 4. The van der Waals surface area contributed by atoms with Crippen LogP contribution >= 0.6 is 0 Å². The normalized spacial score (nSPS) is 24.3. The lowest BCUT2D eigenvalue weighted by Crippen LogP contribution is -2.31. The van der Waals surface area contributed by atoms with E-state index in [1.54, 1.807) is 6.92 Å². The lowest BCUT2D eigenvalue weighted by Gasteiger charge is -2.25. The van der Waals surface area contributed by atoms with E-state index < -0.39 is 6.10 Å². The molecule has 0 unspecified atom stereocenters. The van der Waals surface area contributed by atoms with E-state index in [4.69, 9.17) is 9.47 Å². The minimum atomic E-state index is -0.616. The van der Waals surface area contributed by atoms with Crippen LogP contribution in [0.4, 0.5) is 0 Å². The number of carbonyl (C=O) groups excluding carboxylic acids is 1. The average molecular weight is 202 g/mol. The maximum absolute atomic E-state index is 11.1. The molecule has 82 valence electrons. The molecule has 0 saturated carbocycles. The lowest BCUT2D eigenvalue weighted by atomic mass is 9.94. The summed E-state index contributed by atoms with van der Waals surface area (Å²) in [7, 11) is 0. The Kier molecular flexibility index (Phi) is 4.90. The molecule has 0 aliphatic carbocycles. The molecule has 0 spiro atoms. The van der Waals surface area contributed by atoms with Crippen LogP contribution in [0.1, 0.15) is 26.2 Å². The van der Waals surface area contributed by atoms with Crippen LogP contribution in [0.5, 0.6) is 0 Å². The summed E-state index contributed by atoms with van der Waals surface area (Å²) < 4.78 is 10.00. The lowest BCUT2D eigenvalue weighted by molar-refractivity contribution is -0.146. The Hall–Kier alpha value is -0.610. The molecule has 0 aromatic carbocycles. The Morgan fingerprint density at radius 1 is 1.71 bits per heavy atom. The molecular weight excluding hydrogens is 184 g/mol. The zero-order valence-electron chi connectivity index (χ0n) is 8.57. The molecule has 2 atom stereocenters. The first-order valence-corrected chi connectivity index (χ1v) is 5.15. The van der Waals surface area contributed by atoms with Crippen LogP contribution in [-0.4, -0.2) is 37.0 Å². The van der Waals surface area contributed by atoms with Gasteiger partial charge in [-0.3, -0.25) is 4.79 Å². The van der Waals surface area contributed by atoms with Crippen LogP contribution in [0.25, 0.3) is 0 Å². The van der Waals surface area contributed by atoms with E-state index in [2.05, 4.69) is 0 Å². The Balaban J connectivity index is 2.25. The predicted molar refractivity (Wildman–Crippen MR) is 50.8 cm³/mol. The molecule has 14 heavy (non-hydrogen) atoms. The Bertz CT molecular complexity index is 175. The maximum Gasteiger partial charge on any atom is 0.308 e. The standard InChI is InChI=1S/C10H18O4/c1-2-14-10(12)6-9(11)8-4-3-5-13-7-8/h8-9,11H,2-7H2,1H3/t8-,9+/m0/s1. The van der Waals surface area contributed by atoms with Crippen LogP contribution in [0.3, 0.4) is 0 Å². The van der Waals surface area contributed by atoms with Gasteiger partial charge >= 0.3 is 5.97 Å². The molecule has 1 rings (SSSR count). The first kappa shape index (κ1) is 11.5. The van der Waals surface area contributed by atoms with Crippen molar-refractivity contribution in [2.75, 3.05) is 19.8 Å². The third kappa shape index (κ3) is 3.64. The van der Waals surface area contributed by atoms with Gasteiger partial charge in [0.1, 0.15) is 0 Å². The quantitative estimate of drug-likeness (QED) is 0.683. The topological polar surface area (TPSA) is 55.8 Å². The van der Waals surface area contributed by atoms with Crippen LogP contribution in [0.15, 0.2) is 0 Å². The van der Waals surface area contributed by atoms with E-state index in [1.807, 2.05) is 0 Å². The van der Waals surface area contributed by atoms with Crippen LogP contribution in [0.2, 0.25) is 0 Å². The average Bonchev–Trinajstić information content (AvgIpc) is 2.19. The van der Waals surface area contributed by atoms with Gasteiger partial charge in [-0.2, -0.15) is 0 Å². The van der Waals surface area contributed by atoms with Gasteiger partial charge in [0.2, 0.25) is 0 Å². The fourth-order valence-electron chi connectivity index (χ4n) is 1.63. The van der Waals surface area contributed by atoms with Crippen molar-refractivity contribution in [2.24, 2.45) is 5.92 Å². The van der Waals surface area contributed by atoms with Crippen LogP contribution in [0, 0.1) is 5.92 Å². The third-order valence-electron chi connectivity index (χ3n) is 2.42. The molecule has 4 nitrogen and oxygen atoms in total. The van der Waals surface area contributed by atoms with Gasteiger partial charge < -0.3 is 14.6 Å². The van der Waals surface area contributed by atoms with Crippen molar-refractivity contribution < 1.29 is 19.4 Å². The van der Waals surface area contributed by atoms with Crippen molar-refractivity contribution in [1.82, 2.24) is 0 Å². The second-order valence-electron chi connectivity index (χ2n) is 3.55. The number of ether oxygens (including phenoxy) is 2. The summed E-state index contributed by atoms with van der Waals surface area (Å²) in [5.74, 6) is -0.237. The highest BCUT2D eigenvalue weighted by molar-refractivity contribution is 5.69. The van der Waals surface area contributed by atoms with Gasteiger partial charge in [0.25, 0.3) is 0 Å². The van der Waals surface area contributed by atoms with Gasteiger partial charge in [-0.15, -0.1) is 0 Å². The molecule has 0 aromatic heterocycles. The summed E-state index contributed by atoms with van der Waals surface area (Å²) in [6, 6.07) is 0. The van der Waals surface area contributed by atoms with Gasteiger partial charge in [-0.25, -0.2) is 0 Å². The Morgan fingerprint density at radius 2 is 2.50 bits per heavy atom. The Labute approximate surface area is 84.2 Å². The molecular formula is C10H18O4. The molecule has 0 amide bonds. The van der Waals surface area contributed by atoms with Crippen molar-refractivity contribution in [2.45, 2.75) is 32.3 Å². The number of aliphatic hydroxyl groups is 1. The fourth-order valence-corrected chi connectivity index (χ4v) is 1.63. The van der Waals surface area contributed by atoms with E-state index >= 15 is 0 Å².